The number of anilines is 1. The van der Waals surface area contributed by atoms with E-state index in [0.717, 1.165) is 23.4 Å². The Bertz CT molecular complexity index is 677. The van der Waals surface area contributed by atoms with Gasteiger partial charge in [-0.2, -0.15) is 0 Å². The molecule has 1 saturated heterocycles. The Kier molecular flexibility index (Phi) is 6.04. The molecule has 2 aromatic rings. The van der Waals surface area contributed by atoms with E-state index in [1.165, 1.54) is 31.5 Å². The molecule has 5 nitrogen and oxygen atoms in total. The maximum Gasteiger partial charge on any atom is 0.411 e. The second kappa shape index (κ2) is 8.65. The van der Waals surface area contributed by atoms with Crippen molar-refractivity contribution in [1.82, 2.24) is 4.90 Å². The topological polar surface area (TPSA) is 61.8 Å². The highest BCUT2D eigenvalue weighted by Crippen LogP contribution is 2.15. The van der Waals surface area contributed by atoms with E-state index in [1.807, 2.05) is 48.5 Å². The Morgan fingerprint density at radius 3 is 2.20 bits per heavy atom. The second-order valence-corrected chi connectivity index (χ2v) is 6.36. The number of carbonyl (C=O) groups is 1. The largest absolute Gasteiger partial charge is 0.444 e. The highest BCUT2D eigenvalue weighted by atomic mass is 16.5. The Labute approximate surface area is 148 Å². The van der Waals surface area contributed by atoms with E-state index < -0.39 is 6.09 Å². The van der Waals surface area contributed by atoms with Crippen molar-refractivity contribution in [3.8, 4) is 0 Å². The van der Waals surface area contributed by atoms with Gasteiger partial charge in [0.25, 0.3) is 0 Å². The van der Waals surface area contributed by atoms with Gasteiger partial charge in [-0.1, -0.05) is 36.4 Å². The van der Waals surface area contributed by atoms with Crippen LogP contribution < -0.4 is 5.32 Å². The number of amides is 1. The smallest absolute Gasteiger partial charge is 0.411 e. The number of ether oxygens (including phenoxy) is 1. The SMILES string of the molecule is O=C(Nc1ccc(CN2CCCC2)cc1)OCc1ccc(CO)cc1. The van der Waals surface area contributed by atoms with Crippen molar-refractivity contribution in [2.45, 2.75) is 32.6 Å². The molecular formula is C20H24N2O3. The Morgan fingerprint density at radius 2 is 1.56 bits per heavy atom. The third-order valence-corrected chi connectivity index (χ3v) is 4.38. The summed E-state index contributed by atoms with van der Waals surface area (Å²) in [7, 11) is 0. The quantitative estimate of drug-likeness (QED) is 0.844. The van der Waals surface area contributed by atoms with E-state index in [0.29, 0.717) is 0 Å². The van der Waals surface area contributed by atoms with Gasteiger partial charge in [0.1, 0.15) is 6.61 Å². The lowest BCUT2D eigenvalue weighted by molar-refractivity contribution is 0.155. The second-order valence-electron chi connectivity index (χ2n) is 6.36. The molecule has 25 heavy (non-hydrogen) atoms. The van der Waals surface area contributed by atoms with Crippen LogP contribution in [0.25, 0.3) is 0 Å². The number of nitrogens with zero attached hydrogens (tertiary/aromatic N) is 1. The zero-order chi connectivity index (χ0) is 17.5. The summed E-state index contributed by atoms with van der Waals surface area (Å²) in [5.41, 5.74) is 3.70. The van der Waals surface area contributed by atoms with Crippen molar-refractivity contribution in [1.29, 1.82) is 0 Å². The number of carbonyl (C=O) groups excluding carboxylic acids is 1. The molecule has 0 atom stereocenters. The molecule has 0 aromatic heterocycles. The van der Waals surface area contributed by atoms with E-state index in [9.17, 15) is 4.79 Å². The van der Waals surface area contributed by atoms with Crippen molar-refractivity contribution in [2.24, 2.45) is 0 Å². The van der Waals surface area contributed by atoms with E-state index in [2.05, 4.69) is 10.2 Å². The highest BCUT2D eigenvalue weighted by Gasteiger charge is 2.11. The summed E-state index contributed by atoms with van der Waals surface area (Å²) in [6.07, 6.45) is 2.10. The lowest BCUT2D eigenvalue weighted by Crippen LogP contribution is -2.18. The third kappa shape index (κ3) is 5.31. The minimum absolute atomic E-state index is 0.00930. The van der Waals surface area contributed by atoms with Crippen LogP contribution in [0.2, 0.25) is 0 Å². The number of hydrogen-bond acceptors (Lipinski definition) is 4. The molecule has 0 unspecified atom stereocenters. The Morgan fingerprint density at radius 1 is 0.960 bits per heavy atom. The normalized spacial score (nSPS) is 14.4. The fourth-order valence-electron chi connectivity index (χ4n) is 2.94. The zero-order valence-electron chi connectivity index (χ0n) is 14.3. The molecule has 1 amide bonds. The molecule has 0 radical (unpaired) electrons. The van der Waals surface area contributed by atoms with Gasteiger partial charge >= 0.3 is 6.09 Å². The van der Waals surface area contributed by atoms with Crippen LogP contribution in [0.15, 0.2) is 48.5 Å². The fraction of sp³-hybridized carbons (Fsp3) is 0.350. The van der Waals surface area contributed by atoms with Crippen molar-refractivity contribution in [3.63, 3.8) is 0 Å². The van der Waals surface area contributed by atoms with E-state index in [1.54, 1.807) is 0 Å². The first-order chi connectivity index (χ1) is 12.2. The van der Waals surface area contributed by atoms with Crippen LogP contribution in [-0.2, 0) is 24.5 Å². The van der Waals surface area contributed by atoms with Crippen LogP contribution in [0.1, 0.15) is 29.5 Å². The van der Waals surface area contributed by atoms with Crippen molar-refractivity contribution >= 4 is 11.8 Å². The molecular weight excluding hydrogens is 316 g/mol. The molecule has 0 saturated carbocycles. The van der Waals surface area contributed by atoms with E-state index in [-0.39, 0.29) is 13.2 Å². The average molecular weight is 340 g/mol. The number of nitrogens with one attached hydrogen (secondary N) is 1. The molecule has 0 bridgehead atoms. The van der Waals surface area contributed by atoms with Crippen LogP contribution in [0, 0.1) is 0 Å². The van der Waals surface area contributed by atoms with Gasteiger partial charge in [-0.25, -0.2) is 4.79 Å². The van der Waals surface area contributed by atoms with Crippen LogP contribution in [0.4, 0.5) is 10.5 Å². The maximum absolute atomic E-state index is 11.9. The van der Waals surface area contributed by atoms with Crippen LogP contribution >= 0.6 is 0 Å². The highest BCUT2D eigenvalue weighted by molar-refractivity contribution is 5.84. The average Bonchev–Trinajstić information content (AvgIpc) is 3.15. The summed E-state index contributed by atoms with van der Waals surface area (Å²) in [6, 6.07) is 15.2. The van der Waals surface area contributed by atoms with Crippen LogP contribution in [-0.4, -0.2) is 29.2 Å². The summed E-state index contributed by atoms with van der Waals surface area (Å²) < 4.78 is 5.22. The first-order valence-corrected chi connectivity index (χ1v) is 8.67. The molecule has 1 aliphatic heterocycles. The van der Waals surface area contributed by atoms with Gasteiger partial charge in [0.15, 0.2) is 0 Å². The van der Waals surface area contributed by atoms with Gasteiger partial charge in [-0.3, -0.25) is 10.2 Å². The number of hydrogen-bond donors (Lipinski definition) is 2. The van der Waals surface area contributed by atoms with E-state index >= 15 is 0 Å². The zero-order valence-corrected chi connectivity index (χ0v) is 14.3. The number of benzene rings is 2. The summed E-state index contributed by atoms with van der Waals surface area (Å²) in [5.74, 6) is 0. The van der Waals surface area contributed by atoms with Gasteiger partial charge in [-0.05, 0) is 54.8 Å². The molecule has 1 aliphatic rings. The van der Waals surface area contributed by atoms with Crippen molar-refractivity contribution in [2.75, 3.05) is 18.4 Å². The summed E-state index contributed by atoms with van der Waals surface area (Å²) in [5, 5.41) is 11.8. The van der Waals surface area contributed by atoms with Gasteiger partial charge in [0, 0.05) is 12.2 Å². The Balaban J connectivity index is 1.45. The molecule has 0 spiro atoms. The molecule has 5 heteroatoms. The third-order valence-electron chi connectivity index (χ3n) is 4.38. The molecule has 1 fully saturated rings. The standard InChI is InChI=1S/C20H24N2O3/c23-14-17-3-5-18(6-4-17)15-25-20(24)21-19-9-7-16(8-10-19)13-22-11-1-2-12-22/h3-10,23H,1-2,11-15H2,(H,21,24). The number of rotatable bonds is 6. The van der Waals surface area contributed by atoms with Gasteiger partial charge in [-0.15, -0.1) is 0 Å². The minimum atomic E-state index is -0.474. The van der Waals surface area contributed by atoms with Gasteiger partial charge in [0.05, 0.1) is 6.61 Å². The molecule has 2 N–H and O–H groups in total. The molecule has 3 rings (SSSR count). The van der Waals surface area contributed by atoms with Crippen molar-refractivity contribution in [3.05, 3.63) is 65.2 Å². The Hall–Kier alpha value is -2.37. The molecule has 2 aromatic carbocycles. The maximum atomic E-state index is 11.9. The first kappa shape index (κ1) is 17.5. The van der Waals surface area contributed by atoms with Crippen molar-refractivity contribution < 1.29 is 14.6 Å². The lowest BCUT2D eigenvalue weighted by atomic mass is 10.1. The fourth-order valence-corrected chi connectivity index (χ4v) is 2.94. The predicted molar refractivity (Wildman–Crippen MR) is 97.1 cm³/mol. The molecule has 1 heterocycles. The summed E-state index contributed by atoms with van der Waals surface area (Å²) >= 11 is 0. The van der Waals surface area contributed by atoms with Crippen LogP contribution in [0.5, 0.6) is 0 Å². The van der Waals surface area contributed by atoms with E-state index in [4.69, 9.17) is 9.84 Å². The molecule has 132 valence electrons. The number of likely N-dealkylation sites (tertiary alicyclic amines) is 1. The number of aliphatic hydroxyl groups excluding tert-OH is 1. The minimum Gasteiger partial charge on any atom is -0.444 e. The summed E-state index contributed by atoms with van der Waals surface area (Å²) in [4.78, 5) is 14.3. The van der Waals surface area contributed by atoms with Gasteiger partial charge < -0.3 is 9.84 Å². The predicted octanol–water partition coefficient (Wildman–Crippen LogP) is 3.52. The lowest BCUT2D eigenvalue weighted by Gasteiger charge is -2.14. The monoisotopic (exact) mass is 340 g/mol. The van der Waals surface area contributed by atoms with Gasteiger partial charge in [0.2, 0.25) is 0 Å². The molecule has 0 aliphatic carbocycles. The number of aliphatic hydroxyl groups is 1. The first-order valence-electron chi connectivity index (χ1n) is 8.67. The van der Waals surface area contributed by atoms with Crippen LogP contribution in [0.3, 0.4) is 0 Å². The summed E-state index contributed by atoms with van der Waals surface area (Å²) in [6.45, 7) is 3.52.